The van der Waals surface area contributed by atoms with E-state index >= 15 is 0 Å². The van der Waals surface area contributed by atoms with Crippen LogP contribution in [0.1, 0.15) is 35.1 Å². The summed E-state index contributed by atoms with van der Waals surface area (Å²) in [5.41, 5.74) is 7.74. The van der Waals surface area contributed by atoms with E-state index in [-0.39, 0.29) is 11.8 Å². The molecule has 0 aromatic heterocycles. The first-order valence-corrected chi connectivity index (χ1v) is 12.5. The maximum atomic E-state index is 12.8. The number of piperazine rings is 2. The fourth-order valence-corrected chi connectivity index (χ4v) is 5.08. The van der Waals surface area contributed by atoms with E-state index in [1.807, 2.05) is 9.80 Å². The van der Waals surface area contributed by atoms with E-state index in [0.29, 0.717) is 12.8 Å². The molecule has 0 N–H and O–H groups in total. The number of carbonyl (C=O) groups is 2. The zero-order chi connectivity index (χ0) is 24.2. The van der Waals surface area contributed by atoms with Crippen LogP contribution in [0.25, 0.3) is 0 Å². The highest BCUT2D eigenvalue weighted by Crippen LogP contribution is 2.25. The quantitative estimate of drug-likeness (QED) is 0.680. The highest BCUT2D eigenvalue weighted by Gasteiger charge is 2.25. The number of rotatable bonds is 5. The zero-order valence-corrected chi connectivity index (χ0v) is 21.1. The molecule has 0 bridgehead atoms. The third-order valence-corrected chi connectivity index (χ3v) is 7.65. The molecule has 4 rings (SSSR count). The lowest BCUT2D eigenvalue weighted by atomic mass is 10.1. The van der Waals surface area contributed by atoms with Gasteiger partial charge < -0.3 is 19.6 Å². The fourth-order valence-electron chi connectivity index (χ4n) is 5.08. The Morgan fingerprint density at radius 3 is 1.29 bits per heavy atom. The Labute approximate surface area is 204 Å². The molecule has 2 heterocycles. The molecular formula is C28H38N4O2. The molecule has 2 aromatic carbocycles. The van der Waals surface area contributed by atoms with Crippen molar-refractivity contribution in [1.29, 1.82) is 0 Å². The van der Waals surface area contributed by atoms with Gasteiger partial charge in [0.2, 0.25) is 11.8 Å². The highest BCUT2D eigenvalue weighted by molar-refractivity contribution is 5.84. The first-order chi connectivity index (χ1) is 16.3. The molecule has 182 valence electrons. The standard InChI is InChI=1S/C28H38N4O2/c1-21-7-5-9-25(23(21)3)29-13-17-31(18-14-29)27(33)11-12-28(34)32-19-15-30(16-20-32)26-10-6-8-22(2)24(26)4/h5-10H,11-20H2,1-4H3. The van der Waals surface area contributed by atoms with Crippen LogP contribution in [0.2, 0.25) is 0 Å². The summed E-state index contributed by atoms with van der Waals surface area (Å²) in [6, 6.07) is 12.8. The topological polar surface area (TPSA) is 47.1 Å². The normalized spacial score (nSPS) is 16.7. The maximum Gasteiger partial charge on any atom is 0.223 e. The van der Waals surface area contributed by atoms with Gasteiger partial charge in [0.25, 0.3) is 0 Å². The fraction of sp³-hybridized carbons (Fsp3) is 0.500. The van der Waals surface area contributed by atoms with E-state index in [9.17, 15) is 9.59 Å². The van der Waals surface area contributed by atoms with Gasteiger partial charge in [0.05, 0.1) is 0 Å². The maximum absolute atomic E-state index is 12.8. The van der Waals surface area contributed by atoms with Crippen molar-refractivity contribution in [3.05, 3.63) is 58.7 Å². The van der Waals surface area contributed by atoms with Crippen molar-refractivity contribution >= 4 is 23.2 Å². The van der Waals surface area contributed by atoms with Gasteiger partial charge in [0.1, 0.15) is 0 Å². The second-order valence-corrected chi connectivity index (χ2v) is 9.67. The molecule has 6 nitrogen and oxygen atoms in total. The minimum Gasteiger partial charge on any atom is -0.368 e. The lowest BCUT2D eigenvalue weighted by Gasteiger charge is -2.38. The number of carbonyl (C=O) groups excluding carboxylic acids is 2. The molecule has 2 aliphatic rings. The average Bonchev–Trinajstić information content (AvgIpc) is 2.86. The molecule has 0 aliphatic carbocycles. The van der Waals surface area contributed by atoms with Crippen LogP contribution in [0.5, 0.6) is 0 Å². The molecule has 0 spiro atoms. The first kappa shape index (κ1) is 24.1. The van der Waals surface area contributed by atoms with Crippen molar-refractivity contribution in [3.8, 4) is 0 Å². The number of nitrogens with zero attached hydrogens (tertiary/aromatic N) is 4. The lowest BCUT2D eigenvalue weighted by Crippen LogP contribution is -2.50. The average molecular weight is 463 g/mol. The molecule has 0 radical (unpaired) electrons. The van der Waals surface area contributed by atoms with E-state index < -0.39 is 0 Å². The Hall–Kier alpha value is -3.02. The number of anilines is 2. The summed E-state index contributed by atoms with van der Waals surface area (Å²) >= 11 is 0. The Morgan fingerprint density at radius 1 is 0.588 bits per heavy atom. The Balaban J connectivity index is 1.21. The third kappa shape index (κ3) is 5.21. The van der Waals surface area contributed by atoms with Crippen molar-refractivity contribution in [3.63, 3.8) is 0 Å². The van der Waals surface area contributed by atoms with Crippen LogP contribution in [0, 0.1) is 27.7 Å². The summed E-state index contributed by atoms with van der Waals surface area (Å²) < 4.78 is 0. The van der Waals surface area contributed by atoms with Crippen molar-refractivity contribution in [2.24, 2.45) is 0 Å². The van der Waals surface area contributed by atoms with Gasteiger partial charge in [-0.1, -0.05) is 24.3 Å². The summed E-state index contributed by atoms with van der Waals surface area (Å²) in [7, 11) is 0. The first-order valence-electron chi connectivity index (χ1n) is 12.5. The molecule has 0 saturated carbocycles. The zero-order valence-electron chi connectivity index (χ0n) is 21.1. The van der Waals surface area contributed by atoms with E-state index in [0.717, 1.165) is 52.4 Å². The minimum atomic E-state index is 0.1000. The summed E-state index contributed by atoms with van der Waals surface area (Å²) in [6.07, 6.45) is 0.610. The molecule has 2 aliphatic heterocycles. The third-order valence-electron chi connectivity index (χ3n) is 7.65. The number of hydrogen-bond donors (Lipinski definition) is 0. The van der Waals surface area contributed by atoms with Crippen molar-refractivity contribution in [1.82, 2.24) is 9.80 Å². The van der Waals surface area contributed by atoms with Gasteiger partial charge >= 0.3 is 0 Å². The van der Waals surface area contributed by atoms with Crippen LogP contribution in [0.15, 0.2) is 36.4 Å². The Kier molecular flexibility index (Phi) is 7.44. The van der Waals surface area contributed by atoms with Gasteiger partial charge in [-0.25, -0.2) is 0 Å². The molecule has 2 amide bonds. The molecular weight excluding hydrogens is 424 g/mol. The minimum absolute atomic E-state index is 0.1000. The molecule has 6 heteroatoms. The highest BCUT2D eigenvalue weighted by atomic mass is 16.2. The number of aryl methyl sites for hydroxylation is 2. The number of amides is 2. The monoisotopic (exact) mass is 462 g/mol. The molecule has 34 heavy (non-hydrogen) atoms. The molecule has 2 saturated heterocycles. The van der Waals surface area contributed by atoms with Crippen LogP contribution in [-0.4, -0.2) is 74.0 Å². The smallest absolute Gasteiger partial charge is 0.223 e. The van der Waals surface area contributed by atoms with Gasteiger partial charge in [-0.2, -0.15) is 0 Å². The molecule has 0 unspecified atom stereocenters. The van der Waals surface area contributed by atoms with Crippen LogP contribution in [0.4, 0.5) is 11.4 Å². The van der Waals surface area contributed by atoms with Gasteiger partial charge in [0, 0.05) is 76.6 Å². The summed E-state index contributed by atoms with van der Waals surface area (Å²) in [5.74, 6) is 0.200. The SMILES string of the molecule is Cc1cccc(N2CCN(C(=O)CCC(=O)N3CCN(c4cccc(C)c4C)CC3)CC2)c1C. The Morgan fingerprint density at radius 2 is 0.941 bits per heavy atom. The van der Waals surface area contributed by atoms with Crippen molar-refractivity contribution in [2.45, 2.75) is 40.5 Å². The van der Waals surface area contributed by atoms with E-state index in [1.165, 1.54) is 33.6 Å². The predicted molar refractivity (Wildman–Crippen MR) is 139 cm³/mol. The predicted octanol–water partition coefficient (Wildman–Crippen LogP) is 3.70. The van der Waals surface area contributed by atoms with Crippen LogP contribution < -0.4 is 9.80 Å². The summed E-state index contributed by atoms with van der Waals surface area (Å²) in [6.45, 7) is 14.8. The second kappa shape index (κ2) is 10.5. The lowest BCUT2D eigenvalue weighted by molar-refractivity contribution is -0.137. The van der Waals surface area contributed by atoms with Crippen molar-refractivity contribution in [2.75, 3.05) is 62.2 Å². The van der Waals surface area contributed by atoms with Gasteiger partial charge in [-0.15, -0.1) is 0 Å². The van der Waals surface area contributed by atoms with E-state index in [4.69, 9.17) is 0 Å². The largest absolute Gasteiger partial charge is 0.368 e. The molecule has 2 aromatic rings. The van der Waals surface area contributed by atoms with Crippen LogP contribution in [0.3, 0.4) is 0 Å². The number of benzene rings is 2. The second-order valence-electron chi connectivity index (χ2n) is 9.67. The summed E-state index contributed by atoms with van der Waals surface area (Å²) in [4.78, 5) is 34.2. The van der Waals surface area contributed by atoms with E-state index in [2.05, 4.69) is 73.9 Å². The van der Waals surface area contributed by atoms with Crippen LogP contribution >= 0.6 is 0 Å². The number of hydrogen-bond acceptors (Lipinski definition) is 4. The molecule has 0 atom stereocenters. The van der Waals surface area contributed by atoms with Gasteiger partial charge in [0.15, 0.2) is 0 Å². The van der Waals surface area contributed by atoms with E-state index in [1.54, 1.807) is 0 Å². The van der Waals surface area contributed by atoms with Gasteiger partial charge in [-0.3, -0.25) is 9.59 Å². The Bertz CT molecular complexity index is 951. The van der Waals surface area contributed by atoms with Crippen molar-refractivity contribution < 1.29 is 9.59 Å². The van der Waals surface area contributed by atoms with Crippen LogP contribution in [-0.2, 0) is 9.59 Å². The molecule has 2 fully saturated rings. The summed E-state index contributed by atoms with van der Waals surface area (Å²) in [5, 5.41) is 0. The van der Waals surface area contributed by atoms with Gasteiger partial charge in [-0.05, 0) is 62.1 Å².